The molecule has 1 fully saturated rings. The van der Waals surface area contributed by atoms with E-state index in [2.05, 4.69) is 6.92 Å². The average Bonchev–Trinajstić information content (AvgIpc) is 2.31. The number of carboxylic acids is 1. The van der Waals surface area contributed by atoms with Gasteiger partial charge in [0, 0.05) is 12.6 Å². The minimum atomic E-state index is -1.03. The maximum atomic E-state index is 12.1. The summed E-state index contributed by atoms with van der Waals surface area (Å²) in [4.78, 5) is 24.8. The van der Waals surface area contributed by atoms with Crippen LogP contribution in [0.2, 0.25) is 0 Å². The van der Waals surface area contributed by atoms with Crippen molar-refractivity contribution in [3.8, 4) is 0 Å². The molecule has 0 aromatic carbocycles. The van der Waals surface area contributed by atoms with Gasteiger partial charge in [-0.05, 0) is 32.6 Å². The highest BCUT2D eigenvalue weighted by Gasteiger charge is 2.33. The second-order valence-corrected chi connectivity index (χ2v) is 5.01. The molecule has 3 unspecified atom stereocenters. The van der Waals surface area contributed by atoms with E-state index < -0.39 is 11.9 Å². The standard InChI is InChI=1S/C13H23NO3/c1-4-14(12(15)10(3)13(16)17)11-8-6-5-7-9(11)2/h9-11H,4-8H2,1-3H3,(H,16,17). The van der Waals surface area contributed by atoms with Crippen molar-refractivity contribution in [2.24, 2.45) is 11.8 Å². The number of carbonyl (C=O) groups excluding carboxylic acids is 1. The van der Waals surface area contributed by atoms with Crippen molar-refractivity contribution in [1.82, 2.24) is 4.90 Å². The molecule has 0 saturated heterocycles. The Kier molecular flexibility index (Phi) is 4.97. The Labute approximate surface area is 103 Å². The molecular formula is C13H23NO3. The van der Waals surface area contributed by atoms with Crippen molar-refractivity contribution < 1.29 is 14.7 Å². The first-order valence-electron chi connectivity index (χ1n) is 6.52. The molecule has 1 saturated carbocycles. The number of amides is 1. The maximum absolute atomic E-state index is 12.1. The summed E-state index contributed by atoms with van der Waals surface area (Å²) in [6, 6.07) is 0.225. The van der Waals surface area contributed by atoms with Gasteiger partial charge in [0.25, 0.3) is 0 Å². The fourth-order valence-corrected chi connectivity index (χ4v) is 2.67. The molecule has 4 nitrogen and oxygen atoms in total. The lowest BCUT2D eigenvalue weighted by atomic mass is 9.84. The predicted octanol–water partition coefficient (Wildman–Crippen LogP) is 2.13. The Morgan fingerprint density at radius 1 is 1.35 bits per heavy atom. The van der Waals surface area contributed by atoms with Crippen molar-refractivity contribution in [2.45, 2.75) is 52.5 Å². The van der Waals surface area contributed by atoms with E-state index in [1.807, 2.05) is 6.92 Å². The summed E-state index contributed by atoms with van der Waals surface area (Å²) in [6.07, 6.45) is 4.50. The first-order valence-corrected chi connectivity index (χ1v) is 6.52. The molecule has 17 heavy (non-hydrogen) atoms. The zero-order valence-electron chi connectivity index (χ0n) is 11.0. The third kappa shape index (κ3) is 3.20. The summed E-state index contributed by atoms with van der Waals surface area (Å²) in [6.45, 7) is 6.16. The van der Waals surface area contributed by atoms with Crippen LogP contribution in [-0.2, 0) is 9.59 Å². The quantitative estimate of drug-likeness (QED) is 0.767. The van der Waals surface area contributed by atoms with E-state index in [-0.39, 0.29) is 11.9 Å². The smallest absolute Gasteiger partial charge is 0.315 e. The number of rotatable bonds is 4. The van der Waals surface area contributed by atoms with Crippen LogP contribution in [0.25, 0.3) is 0 Å². The van der Waals surface area contributed by atoms with E-state index in [0.29, 0.717) is 12.5 Å². The van der Waals surface area contributed by atoms with Gasteiger partial charge < -0.3 is 10.0 Å². The summed E-state index contributed by atoms with van der Waals surface area (Å²) in [7, 11) is 0. The van der Waals surface area contributed by atoms with Gasteiger partial charge in [0.1, 0.15) is 5.92 Å². The first kappa shape index (κ1) is 14.0. The molecule has 0 spiro atoms. The van der Waals surface area contributed by atoms with E-state index in [9.17, 15) is 9.59 Å². The van der Waals surface area contributed by atoms with Gasteiger partial charge in [-0.15, -0.1) is 0 Å². The molecule has 0 radical (unpaired) electrons. The molecule has 1 aliphatic rings. The van der Waals surface area contributed by atoms with Crippen molar-refractivity contribution >= 4 is 11.9 Å². The summed E-state index contributed by atoms with van der Waals surface area (Å²) < 4.78 is 0. The zero-order chi connectivity index (χ0) is 13.0. The topological polar surface area (TPSA) is 57.6 Å². The van der Waals surface area contributed by atoms with Gasteiger partial charge >= 0.3 is 5.97 Å². The van der Waals surface area contributed by atoms with Gasteiger partial charge in [-0.25, -0.2) is 0 Å². The van der Waals surface area contributed by atoms with Gasteiger partial charge in [-0.3, -0.25) is 9.59 Å². The van der Waals surface area contributed by atoms with Crippen LogP contribution >= 0.6 is 0 Å². The summed E-state index contributed by atoms with van der Waals surface area (Å²) in [5, 5.41) is 8.91. The Morgan fingerprint density at radius 3 is 2.41 bits per heavy atom. The number of aliphatic carboxylic acids is 1. The molecule has 1 N–H and O–H groups in total. The lowest BCUT2D eigenvalue weighted by Crippen LogP contribution is -2.48. The predicted molar refractivity (Wildman–Crippen MR) is 65.6 cm³/mol. The lowest BCUT2D eigenvalue weighted by molar-refractivity contribution is -0.152. The minimum absolute atomic E-state index is 0.225. The molecule has 4 heteroatoms. The van der Waals surface area contributed by atoms with E-state index in [0.717, 1.165) is 19.3 Å². The zero-order valence-corrected chi connectivity index (χ0v) is 11.0. The molecule has 0 heterocycles. The molecule has 0 bridgehead atoms. The van der Waals surface area contributed by atoms with Crippen molar-refractivity contribution in [1.29, 1.82) is 0 Å². The molecule has 1 amide bonds. The van der Waals surface area contributed by atoms with Crippen LogP contribution in [0.5, 0.6) is 0 Å². The lowest BCUT2D eigenvalue weighted by Gasteiger charge is -2.38. The van der Waals surface area contributed by atoms with E-state index in [1.165, 1.54) is 13.3 Å². The number of nitrogens with zero attached hydrogens (tertiary/aromatic N) is 1. The highest BCUT2D eigenvalue weighted by atomic mass is 16.4. The van der Waals surface area contributed by atoms with Gasteiger partial charge in [0.15, 0.2) is 0 Å². The molecule has 0 aromatic rings. The van der Waals surface area contributed by atoms with E-state index in [1.54, 1.807) is 4.90 Å². The molecular weight excluding hydrogens is 218 g/mol. The molecule has 1 rings (SSSR count). The van der Waals surface area contributed by atoms with Gasteiger partial charge in [0.05, 0.1) is 0 Å². The van der Waals surface area contributed by atoms with Crippen molar-refractivity contribution in [3.05, 3.63) is 0 Å². The maximum Gasteiger partial charge on any atom is 0.315 e. The van der Waals surface area contributed by atoms with Crippen molar-refractivity contribution in [2.75, 3.05) is 6.54 Å². The van der Waals surface area contributed by atoms with Crippen LogP contribution in [0.1, 0.15) is 46.5 Å². The van der Waals surface area contributed by atoms with Gasteiger partial charge in [-0.1, -0.05) is 19.8 Å². The van der Waals surface area contributed by atoms with E-state index in [4.69, 9.17) is 5.11 Å². The van der Waals surface area contributed by atoms with Crippen LogP contribution in [-0.4, -0.2) is 34.5 Å². The number of hydrogen-bond acceptors (Lipinski definition) is 2. The van der Waals surface area contributed by atoms with Crippen LogP contribution in [0.4, 0.5) is 0 Å². The van der Waals surface area contributed by atoms with Crippen LogP contribution in [0.3, 0.4) is 0 Å². The highest BCUT2D eigenvalue weighted by Crippen LogP contribution is 2.28. The second kappa shape index (κ2) is 6.03. The van der Waals surface area contributed by atoms with E-state index >= 15 is 0 Å². The minimum Gasteiger partial charge on any atom is -0.481 e. The normalized spacial score (nSPS) is 26.3. The third-order valence-electron chi connectivity index (χ3n) is 3.83. The molecule has 3 atom stereocenters. The summed E-state index contributed by atoms with van der Waals surface area (Å²) in [5.74, 6) is -1.71. The Bertz CT molecular complexity index is 290. The first-order chi connectivity index (χ1) is 7.99. The molecule has 0 aromatic heterocycles. The van der Waals surface area contributed by atoms with Crippen LogP contribution < -0.4 is 0 Å². The number of carboxylic acid groups (broad SMARTS) is 1. The molecule has 98 valence electrons. The molecule has 0 aliphatic heterocycles. The molecule has 1 aliphatic carbocycles. The number of carbonyl (C=O) groups is 2. The van der Waals surface area contributed by atoms with Gasteiger partial charge in [-0.2, -0.15) is 0 Å². The second-order valence-electron chi connectivity index (χ2n) is 5.01. The summed E-state index contributed by atoms with van der Waals surface area (Å²) in [5.41, 5.74) is 0. The monoisotopic (exact) mass is 241 g/mol. The third-order valence-corrected chi connectivity index (χ3v) is 3.83. The SMILES string of the molecule is CCN(C(=O)C(C)C(=O)O)C1CCCCC1C. The van der Waals surface area contributed by atoms with Gasteiger partial charge in [0.2, 0.25) is 5.91 Å². The Morgan fingerprint density at radius 2 is 1.94 bits per heavy atom. The van der Waals surface area contributed by atoms with Crippen LogP contribution in [0.15, 0.2) is 0 Å². The fourth-order valence-electron chi connectivity index (χ4n) is 2.67. The largest absolute Gasteiger partial charge is 0.481 e. The fraction of sp³-hybridized carbons (Fsp3) is 0.846. The van der Waals surface area contributed by atoms with Crippen molar-refractivity contribution in [3.63, 3.8) is 0 Å². The Balaban J connectivity index is 2.75. The highest BCUT2D eigenvalue weighted by molar-refractivity contribution is 5.96. The summed E-state index contributed by atoms with van der Waals surface area (Å²) >= 11 is 0. The van der Waals surface area contributed by atoms with Crippen LogP contribution in [0, 0.1) is 11.8 Å². The Hall–Kier alpha value is -1.06. The average molecular weight is 241 g/mol. The number of hydrogen-bond donors (Lipinski definition) is 1.